The fraction of sp³-hybridized carbons (Fsp3) is 0.250. The van der Waals surface area contributed by atoms with Crippen molar-refractivity contribution >= 4 is 15.9 Å². The summed E-state index contributed by atoms with van der Waals surface area (Å²) in [5, 5.41) is 0. The Morgan fingerprint density at radius 3 is 2.40 bits per heavy atom. The smallest absolute Gasteiger partial charge is 0.255 e. The molecule has 132 valence electrons. The number of pyridine rings is 1. The second-order valence-corrected chi connectivity index (χ2v) is 7.53. The molecule has 0 saturated carbocycles. The molecule has 0 atom stereocenters. The van der Waals surface area contributed by atoms with Crippen molar-refractivity contribution in [2.75, 3.05) is 26.2 Å². The summed E-state index contributed by atoms with van der Waals surface area (Å²) in [6.45, 7) is 0.668. The van der Waals surface area contributed by atoms with Gasteiger partial charge in [0.15, 0.2) is 0 Å². The highest BCUT2D eigenvalue weighted by Crippen LogP contribution is 2.19. The van der Waals surface area contributed by atoms with Gasteiger partial charge in [-0.05, 0) is 24.3 Å². The van der Waals surface area contributed by atoms with Crippen LogP contribution < -0.4 is 5.56 Å². The lowest BCUT2D eigenvalue weighted by atomic mass is 10.2. The third kappa shape index (κ3) is 3.62. The molecule has 1 amide bonds. The number of nitrogens with zero attached hydrogens (tertiary/aromatic N) is 2. The van der Waals surface area contributed by atoms with Crippen LogP contribution in [0.2, 0.25) is 0 Å². The first-order valence-electron chi connectivity index (χ1n) is 7.62. The van der Waals surface area contributed by atoms with Crippen LogP contribution in [0.1, 0.15) is 10.4 Å². The van der Waals surface area contributed by atoms with E-state index >= 15 is 0 Å². The first-order chi connectivity index (χ1) is 11.9. The van der Waals surface area contributed by atoms with E-state index in [1.165, 1.54) is 45.7 Å². The molecule has 9 heteroatoms. The Labute approximate surface area is 143 Å². The Kier molecular flexibility index (Phi) is 4.69. The number of hydrogen-bond acceptors (Lipinski definition) is 4. The molecule has 1 aliphatic heterocycles. The summed E-state index contributed by atoms with van der Waals surface area (Å²) in [4.78, 5) is 27.3. The van der Waals surface area contributed by atoms with Gasteiger partial charge in [0.05, 0.1) is 10.5 Å². The summed E-state index contributed by atoms with van der Waals surface area (Å²) in [7, 11) is -3.80. The van der Waals surface area contributed by atoms with Crippen LogP contribution in [0.25, 0.3) is 0 Å². The number of piperazine rings is 1. The lowest BCUT2D eigenvalue weighted by Gasteiger charge is -2.34. The van der Waals surface area contributed by atoms with E-state index < -0.39 is 15.8 Å². The van der Waals surface area contributed by atoms with Gasteiger partial charge in [-0.25, -0.2) is 12.8 Å². The van der Waals surface area contributed by atoms with Gasteiger partial charge in [-0.3, -0.25) is 9.59 Å². The predicted molar refractivity (Wildman–Crippen MR) is 88.1 cm³/mol. The number of carbonyl (C=O) groups is 1. The molecule has 1 saturated heterocycles. The number of H-pyrrole nitrogens is 1. The van der Waals surface area contributed by atoms with Crippen molar-refractivity contribution in [1.29, 1.82) is 0 Å². The van der Waals surface area contributed by atoms with Crippen molar-refractivity contribution in [1.82, 2.24) is 14.2 Å². The van der Waals surface area contributed by atoms with E-state index in [9.17, 15) is 22.4 Å². The molecule has 25 heavy (non-hydrogen) atoms. The largest absolute Gasteiger partial charge is 0.336 e. The van der Waals surface area contributed by atoms with Crippen LogP contribution in [0.4, 0.5) is 4.39 Å². The number of nitrogens with one attached hydrogen (secondary N) is 1. The third-order valence-corrected chi connectivity index (χ3v) is 5.89. The van der Waals surface area contributed by atoms with Gasteiger partial charge >= 0.3 is 0 Å². The molecule has 0 unspecified atom stereocenters. The standard InChI is InChI=1S/C16H16FN3O4S/c17-13-2-1-3-14(10-13)25(23,24)20-8-6-19(7-9-20)16(22)12-4-5-15(21)18-11-12/h1-5,10-11H,6-9H2,(H,18,21). The van der Waals surface area contributed by atoms with Gasteiger partial charge in [-0.1, -0.05) is 6.07 Å². The van der Waals surface area contributed by atoms with Gasteiger partial charge in [0.25, 0.3) is 5.91 Å². The molecule has 1 fully saturated rings. The monoisotopic (exact) mass is 365 g/mol. The minimum absolute atomic E-state index is 0.104. The number of aromatic amines is 1. The summed E-state index contributed by atoms with van der Waals surface area (Å²) in [5.74, 6) is -0.896. The molecule has 0 radical (unpaired) electrons. The van der Waals surface area contributed by atoms with Gasteiger partial charge in [0.1, 0.15) is 5.82 Å². The molecule has 1 aromatic heterocycles. The van der Waals surface area contributed by atoms with Gasteiger partial charge < -0.3 is 9.88 Å². The third-order valence-electron chi connectivity index (χ3n) is 3.99. The lowest BCUT2D eigenvalue weighted by Crippen LogP contribution is -2.50. The first kappa shape index (κ1) is 17.3. The van der Waals surface area contributed by atoms with Crippen molar-refractivity contribution in [3.63, 3.8) is 0 Å². The summed E-state index contributed by atoms with van der Waals surface area (Å²) >= 11 is 0. The van der Waals surface area contributed by atoms with Crippen molar-refractivity contribution in [3.05, 3.63) is 64.3 Å². The van der Waals surface area contributed by atoms with Crippen molar-refractivity contribution in [2.45, 2.75) is 4.90 Å². The fourth-order valence-electron chi connectivity index (χ4n) is 2.63. The Morgan fingerprint density at radius 1 is 1.08 bits per heavy atom. The number of aromatic nitrogens is 1. The number of hydrogen-bond donors (Lipinski definition) is 1. The molecule has 0 spiro atoms. The van der Waals surface area contributed by atoms with Crippen molar-refractivity contribution in [3.8, 4) is 0 Å². The topological polar surface area (TPSA) is 90.6 Å². The summed E-state index contributed by atoms with van der Waals surface area (Å²) in [5.41, 5.74) is 0.0311. The molecule has 1 aromatic carbocycles. The van der Waals surface area contributed by atoms with Gasteiger partial charge in [0.2, 0.25) is 15.6 Å². The van der Waals surface area contributed by atoms with E-state index in [1.54, 1.807) is 0 Å². The van der Waals surface area contributed by atoms with Crippen LogP contribution in [-0.4, -0.2) is 54.7 Å². The summed E-state index contributed by atoms with van der Waals surface area (Å²) < 4.78 is 39.6. The predicted octanol–water partition coefficient (Wildman–Crippen LogP) is 0.661. The summed E-state index contributed by atoms with van der Waals surface area (Å²) in [6, 6.07) is 7.54. The highest BCUT2D eigenvalue weighted by atomic mass is 32.2. The van der Waals surface area contributed by atoms with Crippen molar-refractivity contribution in [2.24, 2.45) is 0 Å². The van der Waals surface area contributed by atoms with E-state index in [0.717, 1.165) is 6.07 Å². The number of rotatable bonds is 3. The minimum Gasteiger partial charge on any atom is -0.336 e. The number of amides is 1. The van der Waals surface area contributed by atoms with E-state index in [2.05, 4.69) is 4.98 Å². The van der Waals surface area contributed by atoms with Crippen LogP contribution in [0.15, 0.2) is 52.3 Å². The highest BCUT2D eigenvalue weighted by Gasteiger charge is 2.30. The van der Waals surface area contributed by atoms with Crippen LogP contribution in [0.5, 0.6) is 0 Å². The lowest BCUT2D eigenvalue weighted by molar-refractivity contribution is 0.0697. The highest BCUT2D eigenvalue weighted by molar-refractivity contribution is 7.89. The maximum Gasteiger partial charge on any atom is 0.255 e. The molecule has 1 N–H and O–H groups in total. The van der Waals surface area contributed by atoms with Gasteiger partial charge in [-0.2, -0.15) is 4.31 Å². The van der Waals surface area contributed by atoms with E-state index in [0.29, 0.717) is 5.56 Å². The zero-order valence-electron chi connectivity index (χ0n) is 13.2. The Morgan fingerprint density at radius 2 is 1.80 bits per heavy atom. The average Bonchev–Trinajstić information content (AvgIpc) is 2.62. The van der Waals surface area contributed by atoms with E-state index in [-0.39, 0.29) is 42.5 Å². The van der Waals surface area contributed by atoms with Crippen LogP contribution in [0.3, 0.4) is 0 Å². The molecule has 3 rings (SSSR count). The number of benzene rings is 1. The second kappa shape index (κ2) is 6.77. The average molecular weight is 365 g/mol. The summed E-state index contributed by atoms with van der Waals surface area (Å²) in [6.07, 6.45) is 1.33. The number of carbonyl (C=O) groups excluding carboxylic acids is 1. The number of sulfonamides is 1. The quantitative estimate of drug-likeness (QED) is 0.865. The Balaban J connectivity index is 1.70. The zero-order valence-corrected chi connectivity index (χ0v) is 14.0. The molecule has 2 aromatic rings. The van der Waals surface area contributed by atoms with E-state index in [4.69, 9.17) is 0 Å². The van der Waals surface area contributed by atoms with Gasteiger partial charge in [-0.15, -0.1) is 0 Å². The first-order valence-corrected chi connectivity index (χ1v) is 9.06. The van der Waals surface area contributed by atoms with Crippen LogP contribution >= 0.6 is 0 Å². The normalized spacial score (nSPS) is 16.0. The SMILES string of the molecule is O=C(c1ccc(=O)[nH]c1)N1CCN(S(=O)(=O)c2cccc(F)c2)CC1. The molecule has 0 bridgehead atoms. The maximum absolute atomic E-state index is 13.3. The molecule has 0 aliphatic carbocycles. The second-order valence-electron chi connectivity index (χ2n) is 5.60. The van der Waals surface area contributed by atoms with Crippen molar-refractivity contribution < 1.29 is 17.6 Å². The molecule has 7 nitrogen and oxygen atoms in total. The molecular formula is C16H16FN3O4S. The minimum atomic E-state index is -3.80. The maximum atomic E-state index is 13.3. The molecule has 1 aliphatic rings. The van der Waals surface area contributed by atoms with E-state index in [1.807, 2.05) is 0 Å². The molecule has 2 heterocycles. The zero-order chi connectivity index (χ0) is 18.0. The van der Waals surface area contributed by atoms with Crippen LogP contribution in [0, 0.1) is 5.82 Å². The Hall–Kier alpha value is -2.52. The van der Waals surface area contributed by atoms with Gasteiger partial charge in [0, 0.05) is 38.4 Å². The Bertz CT molecular complexity index is 929. The van der Waals surface area contributed by atoms with Crippen LogP contribution in [-0.2, 0) is 10.0 Å². The number of halogens is 1. The molecular weight excluding hydrogens is 349 g/mol. The fourth-order valence-corrected chi connectivity index (χ4v) is 4.09.